The van der Waals surface area contributed by atoms with Crippen molar-refractivity contribution in [1.82, 2.24) is 5.32 Å². The lowest BCUT2D eigenvalue weighted by Crippen LogP contribution is -2.63. The number of aliphatic hydroxyl groups is 5. The summed E-state index contributed by atoms with van der Waals surface area (Å²) in [6.45, 7) is 8.21. The number of carbonyl (C=O) groups excluding carboxylic acids is 1. The summed E-state index contributed by atoms with van der Waals surface area (Å²) in [5, 5.41) is 62.7. The van der Waals surface area contributed by atoms with Crippen LogP contribution in [0.2, 0.25) is 0 Å². The molecular formula is C41H64N2O7. The molecule has 0 radical (unpaired) electrons. The van der Waals surface area contributed by atoms with Crippen LogP contribution in [-0.2, 0) is 9.53 Å². The molecule has 9 nitrogen and oxygen atoms in total. The van der Waals surface area contributed by atoms with E-state index in [1.807, 2.05) is 13.0 Å². The van der Waals surface area contributed by atoms with Gasteiger partial charge in [-0.1, -0.05) is 46.1 Å². The molecule has 0 bridgehead atoms. The SMILES string of the molecule is CCC[C@@](O)([C@H]1CC[C@@]2(O)C3=CC(=O)[C@@H]4C[C@@H](O)CC[C@]4(C4CCCC4)[C@H]3CC[C@]12C)[C@H]1O[C@@H]1[C@](C)(O)[C@](C)(CO)CCC1=CCNC(N)=C1. The Balaban J connectivity index is 1.17. The third kappa shape index (κ3) is 5.25. The van der Waals surface area contributed by atoms with Crippen LogP contribution in [0.5, 0.6) is 0 Å². The van der Waals surface area contributed by atoms with Gasteiger partial charge >= 0.3 is 0 Å². The molecule has 2 aliphatic heterocycles. The first kappa shape index (κ1) is 36.6. The van der Waals surface area contributed by atoms with Gasteiger partial charge in [0, 0.05) is 23.3 Å². The van der Waals surface area contributed by atoms with Crippen molar-refractivity contribution in [2.24, 2.45) is 45.7 Å². The number of hydrogen-bond donors (Lipinski definition) is 7. The van der Waals surface area contributed by atoms with Crippen LogP contribution in [0.3, 0.4) is 0 Å². The maximum atomic E-state index is 14.1. The van der Waals surface area contributed by atoms with Crippen molar-refractivity contribution in [3.8, 4) is 0 Å². The lowest BCUT2D eigenvalue weighted by Gasteiger charge is -2.63. The predicted molar refractivity (Wildman–Crippen MR) is 191 cm³/mol. The van der Waals surface area contributed by atoms with Gasteiger partial charge < -0.3 is 41.3 Å². The van der Waals surface area contributed by atoms with Gasteiger partial charge in [0.05, 0.1) is 35.3 Å². The molecule has 50 heavy (non-hydrogen) atoms. The van der Waals surface area contributed by atoms with E-state index < -0.39 is 45.9 Å². The highest BCUT2D eigenvalue weighted by Gasteiger charge is 2.74. The van der Waals surface area contributed by atoms with E-state index in [1.54, 1.807) is 13.0 Å². The average molecular weight is 697 g/mol. The van der Waals surface area contributed by atoms with Gasteiger partial charge in [-0.25, -0.2) is 0 Å². The van der Waals surface area contributed by atoms with Crippen LogP contribution in [0.4, 0.5) is 0 Å². The third-order valence-electron chi connectivity index (χ3n) is 16.1. The minimum absolute atomic E-state index is 0.0789. The first-order valence-corrected chi connectivity index (χ1v) is 19.9. The van der Waals surface area contributed by atoms with Crippen molar-refractivity contribution in [3.05, 3.63) is 35.2 Å². The Morgan fingerprint density at radius 2 is 1.74 bits per heavy atom. The number of dihydropyridines is 1. The highest BCUT2D eigenvalue weighted by molar-refractivity contribution is 5.95. The van der Waals surface area contributed by atoms with Crippen LogP contribution < -0.4 is 11.1 Å². The molecular weight excluding hydrogens is 632 g/mol. The standard InChI is InChI=1S/C41H64N2O7/c1-5-15-40(48,35-34(50-35)38(4,47)36(2,24-44)16-10-25-14-20-43-33(42)21-25)32-13-19-41(49)29-23-31(46)30-22-27(45)11-18-39(30,26-8-6-7-9-26)28(29)12-17-37(32,41)3/h14,21,23,26-28,30,32,34-35,43-45,47-49H,5-13,15-20,22,24,42H2,1-4H3/t27-,28-,30-,32-,34-,35-,36-,37+,38-,39-,40+,41+/m0/s1. The maximum absolute atomic E-state index is 14.1. The molecule has 7 aliphatic rings. The topological polar surface area (TPSA) is 169 Å². The minimum atomic E-state index is -1.43. The van der Waals surface area contributed by atoms with E-state index in [4.69, 9.17) is 10.5 Å². The summed E-state index contributed by atoms with van der Waals surface area (Å²) in [6, 6.07) is 0. The van der Waals surface area contributed by atoms with Crippen molar-refractivity contribution in [2.75, 3.05) is 13.2 Å². The Morgan fingerprint density at radius 3 is 2.42 bits per heavy atom. The number of rotatable bonds is 11. The molecule has 12 atom stereocenters. The van der Waals surface area contributed by atoms with E-state index in [0.717, 1.165) is 43.3 Å². The fourth-order valence-electron chi connectivity index (χ4n) is 12.9. The zero-order chi connectivity index (χ0) is 35.9. The second kappa shape index (κ2) is 12.7. The molecule has 0 aromatic rings. The van der Waals surface area contributed by atoms with Crippen molar-refractivity contribution in [2.45, 2.75) is 159 Å². The van der Waals surface area contributed by atoms with Gasteiger partial charge in [-0.2, -0.15) is 0 Å². The zero-order valence-electron chi connectivity index (χ0n) is 30.9. The smallest absolute Gasteiger partial charge is 0.159 e. The van der Waals surface area contributed by atoms with Gasteiger partial charge in [-0.3, -0.25) is 4.79 Å². The quantitative estimate of drug-likeness (QED) is 0.153. The molecule has 5 fully saturated rings. The second-order valence-corrected chi connectivity index (χ2v) is 18.4. The van der Waals surface area contributed by atoms with Crippen molar-refractivity contribution < 1.29 is 35.1 Å². The molecule has 2 heterocycles. The van der Waals surface area contributed by atoms with E-state index in [1.165, 1.54) is 12.8 Å². The normalized spacial score (nSPS) is 43.5. The van der Waals surface area contributed by atoms with Gasteiger partial charge in [0.25, 0.3) is 0 Å². The van der Waals surface area contributed by atoms with E-state index in [9.17, 15) is 30.3 Å². The highest BCUT2D eigenvalue weighted by Crippen LogP contribution is 2.72. The predicted octanol–water partition coefficient (Wildman–Crippen LogP) is 4.55. The molecule has 280 valence electrons. The van der Waals surface area contributed by atoms with Crippen LogP contribution in [0.25, 0.3) is 0 Å². The summed E-state index contributed by atoms with van der Waals surface area (Å²) in [5.41, 5.74) is 2.17. The fraction of sp³-hybridized carbons (Fsp3) is 0.829. The number of nitrogens with two attached hydrogens (primary N) is 1. The fourth-order valence-corrected chi connectivity index (χ4v) is 12.9. The molecule has 0 spiro atoms. The monoisotopic (exact) mass is 696 g/mol. The lowest BCUT2D eigenvalue weighted by molar-refractivity contribution is -0.166. The van der Waals surface area contributed by atoms with E-state index >= 15 is 0 Å². The van der Waals surface area contributed by atoms with Crippen molar-refractivity contribution in [1.29, 1.82) is 0 Å². The molecule has 8 N–H and O–H groups in total. The Hall–Kier alpha value is -1.75. The Labute approximate surface area is 298 Å². The molecule has 0 aromatic heterocycles. The van der Waals surface area contributed by atoms with E-state index in [-0.39, 0.29) is 35.6 Å². The molecule has 9 heteroatoms. The molecule has 4 saturated carbocycles. The Kier molecular flexibility index (Phi) is 9.29. The number of fused-ring (bicyclic) bond motifs is 5. The Bertz CT molecular complexity index is 1440. The number of allylic oxidation sites excluding steroid dienone is 3. The summed E-state index contributed by atoms with van der Waals surface area (Å²) in [7, 11) is 0. The molecule has 0 aromatic carbocycles. The van der Waals surface area contributed by atoms with E-state index in [0.29, 0.717) is 69.7 Å². The third-order valence-corrected chi connectivity index (χ3v) is 16.1. The number of hydrogen-bond acceptors (Lipinski definition) is 9. The van der Waals surface area contributed by atoms with Gasteiger partial charge in [0.15, 0.2) is 5.78 Å². The first-order valence-electron chi connectivity index (χ1n) is 19.9. The first-order chi connectivity index (χ1) is 23.6. The molecule has 1 saturated heterocycles. The summed E-state index contributed by atoms with van der Waals surface area (Å²) >= 11 is 0. The van der Waals surface area contributed by atoms with Gasteiger partial charge in [-0.15, -0.1) is 0 Å². The molecule has 0 amide bonds. The number of aliphatic hydroxyl groups excluding tert-OH is 2. The van der Waals surface area contributed by atoms with Gasteiger partial charge in [0.1, 0.15) is 12.2 Å². The lowest BCUT2D eigenvalue weighted by atomic mass is 9.42. The summed E-state index contributed by atoms with van der Waals surface area (Å²) in [4.78, 5) is 14.1. The number of epoxide rings is 1. The minimum Gasteiger partial charge on any atom is -0.396 e. The second-order valence-electron chi connectivity index (χ2n) is 18.4. The highest BCUT2D eigenvalue weighted by atomic mass is 16.6. The number of carbonyl (C=O) groups is 1. The number of ether oxygens (including phenoxy) is 1. The van der Waals surface area contributed by atoms with Gasteiger partial charge in [0.2, 0.25) is 0 Å². The van der Waals surface area contributed by atoms with Crippen molar-refractivity contribution >= 4 is 5.78 Å². The van der Waals surface area contributed by atoms with Gasteiger partial charge in [-0.05, 0) is 130 Å². The van der Waals surface area contributed by atoms with Crippen LogP contribution in [-0.4, -0.2) is 79.6 Å². The van der Waals surface area contributed by atoms with Crippen LogP contribution in [0.1, 0.15) is 124 Å². The van der Waals surface area contributed by atoms with E-state index in [2.05, 4.69) is 25.2 Å². The largest absolute Gasteiger partial charge is 0.396 e. The van der Waals surface area contributed by atoms with Crippen LogP contribution in [0.15, 0.2) is 35.2 Å². The molecule has 7 rings (SSSR count). The maximum Gasteiger partial charge on any atom is 0.159 e. The summed E-state index contributed by atoms with van der Waals surface area (Å²) in [5.74, 6) is 0.734. The molecule has 0 unspecified atom stereocenters. The zero-order valence-corrected chi connectivity index (χ0v) is 30.9. The Morgan fingerprint density at radius 1 is 1.00 bits per heavy atom. The summed E-state index contributed by atoms with van der Waals surface area (Å²) < 4.78 is 6.37. The van der Waals surface area contributed by atoms with Crippen LogP contribution in [0, 0.1) is 39.9 Å². The van der Waals surface area contributed by atoms with Crippen molar-refractivity contribution in [3.63, 3.8) is 0 Å². The van der Waals surface area contributed by atoms with Crippen LogP contribution >= 0.6 is 0 Å². The summed E-state index contributed by atoms with van der Waals surface area (Å²) in [6.07, 6.45) is 15.6. The number of ketones is 1. The number of nitrogens with one attached hydrogen (secondary N) is 1. The molecule has 5 aliphatic carbocycles. The average Bonchev–Trinajstić information content (AvgIpc) is 3.63.